The number of hydrogen-bond acceptors (Lipinski definition) is 4. The summed E-state index contributed by atoms with van der Waals surface area (Å²) >= 11 is 0. The van der Waals surface area contributed by atoms with E-state index in [1.54, 1.807) is 14.2 Å². The third kappa shape index (κ3) is 3.46. The molecule has 0 saturated carbocycles. The molecule has 0 aliphatic carbocycles. The topological polar surface area (TPSA) is 34.1 Å². The molecule has 3 aromatic rings. The van der Waals surface area contributed by atoms with Gasteiger partial charge < -0.3 is 14.4 Å². The van der Waals surface area contributed by atoms with E-state index in [0.717, 1.165) is 17.1 Å². The fourth-order valence-corrected chi connectivity index (χ4v) is 3.85. The van der Waals surface area contributed by atoms with Gasteiger partial charge in [-0.1, -0.05) is 72.8 Å². The zero-order valence-corrected chi connectivity index (χ0v) is 16.2. The first kappa shape index (κ1) is 18.1. The molecule has 0 bridgehead atoms. The first-order valence-electron chi connectivity index (χ1n) is 9.40. The van der Waals surface area contributed by atoms with Crippen LogP contribution in [0.3, 0.4) is 0 Å². The van der Waals surface area contributed by atoms with E-state index < -0.39 is 0 Å². The Kier molecular flexibility index (Phi) is 5.29. The minimum atomic E-state index is 0.0557. The molecule has 3 aromatic carbocycles. The minimum absolute atomic E-state index is 0.0557. The van der Waals surface area contributed by atoms with Crippen LogP contribution in [-0.2, 0) is 6.54 Å². The van der Waals surface area contributed by atoms with Crippen molar-refractivity contribution in [2.75, 3.05) is 14.2 Å². The van der Waals surface area contributed by atoms with Crippen molar-refractivity contribution in [2.45, 2.75) is 18.6 Å². The van der Waals surface area contributed by atoms with Crippen molar-refractivity contribution in [1.29, 1.82) is 0 Å². The van der Waals surface area contributed by atoms with Crippen molar-refractivity contribution in [1.82, 2.24) is 4.90 Å². The van der Waals surface area contributed by atoms with Crippen LogP contribution in [-0.4, -0.2) is 25.5 Å². The maximum absolute atomic E-state index is 5.63. The molecule has 4 heteroatoms. The molecule has 0 saturated heterocycles. The Morgan fingerprint density at radius 2 is 1.46 bits per heavy atom. The van der Waals surface area contributed by atoms with Crippen molar-refractivity contribution in [3.05, 3.63) is 95.6 Å². The van der Waals surface area contributed by atoms with Gasteiger partial charge in [-0.15, -0.1) is 0 Å². The molecule has 2 atom stereocenters. The highest BCUT2D eigenvalue weighted by Gasteiger charge is 2.33. The highest BCUT2D eigenvalue weighted by atomic mass is 16.5. The number of methoxy groups -OCH3 is 2. The average molecular weight is 372 g/mol. The average Bonchev–Trinajstić information content (AvgIpc) is 3.18. The Morgan fingerprint density at radius 1 is 0.786 bits per heavy atom. The molecule has 0 radical (unpaired) electrons. The number of hydrogen-bond donors (Lipinski definition) is 0. The number of aliphatic imine (C=N–C) groups is 1. The molecule has 1 aliphatic heterocycles. The van der Waals surface area contributed by atoms with Gasteiger partial charge in [0.15, 0.2) is 11.5 Å². The van der Waals surface area contributed by atoms with Crippen LogP contribution in [0.15, 0.2) is 83.9 Å². The van der Waals surface area contributed by atoms with Crippen molar-refractivity contribution >= 4 is 6.34 Å². The summed E-state index contributed by atoms with van der Waals surface area (Å²) in [5, 5.41) is 0. The van der Waals surface area contributed by atoms with E-state index in [4.69, 9.17) is 14.5 Å². The smallest absolute Gasteiger partial charge is 0.165 e. The highest BCUT2D eigenvalue weighted by Crippen LogP contribution is 2.42. The van der Waals surface area contributed by atoms with E-state index in [1.165, 1.54) is 11.1 Å². The molecule has 1 aliphatic rings. The molecule has 1 heterocycles. The maximum atomic E-state index is 5.63. The van der Waals surface area contributed by atoms with Gasteiger partial charge in [0, 0.05) is 12.1 Å². The van der Waals surface area contributed by atoms with Crippen molar-refractivity contribution in [3.63, 3.8) is 0 Å². The lowest BCUT2D eigenvalue weighted by atomic mass is 9.93. The molecule has 0 aromatic heterocycles. The van der Waals surface area contributed by atoms with E-state index in [0.29, 0.717) is 6.54 Å². The second-order valence-electron chi connectivity index (χ2n) is 6.80. The second-order valence-corrected chi connectivity index (χ2v) is 6.80. The largest absolute Gasteiger partial charge is 0.493 e. The van der Waals surface area contributed by atoms with Crippen molar-refractivity contribution < 1.29 is 9.47 Å². The van der Waals surface area contributed by atoms with Gasteiger partial charge in [-0.2, -0.15) is 0 Å². The Hall–Kier alpha value is -3.27. The molecular formula is C24H24N2O2. The van der Waals surface area contributed by atoms with Crippen LogP contribution >= 0.6 is 0 Å². The van der Waals surface area contributed by atoms with Gasteiger partial charge in [0.2, 0.25) is 0 Å². The predicted octanol–water partition coefficient (Wildman–Crippen LogP) is 5.03. The molecule has 142 valence electrons. The molecule has 28 heavy (non-hydrogen) atoms. The number of para-hydroxylation sites is 1. The lowest BCUT2D eigenvalue weighted by molar-refractivity contribution is 0.299. The number of nitrogens with zero attached hydrogens (tertiary/aromatic N) is 2. The van der Waals surface area contributed by atoms with Crippen molar-refractivity contribution in [2.24, 2.45) is 4.99 Å². The fourth-order valence-electron chi connectivity index (χ4n) is 3.85. The Morgan fingerprint density at radius 3 is 2.11 bits per heavy atom. The molecular weight excluding hydrogens is 348 g/mol. The van der Waals surface area contributed by atoms with Crippen molar-refractivity contribution in [3.8, 4) is 11.5 Å². The number of rotatable bonds is 6. The maximum Gasteiger partial charge on any atom is 0.165 e. The van der Waals surface area contributed by atoms with E-state index in [9.17, 15) is 0 Å². The van der Waals surface area contributed by atoms with Crippen LogP contribution in [0.4, 0.5) is 0 Å². The molecule has 0 N–H and O–H groups in total. The lowest BCUT2D eigenvalue weighted by Gasteiger charge is -2.29. The van der Waals surface area contributed by atoms with Gasteiger partial charge in [-0.25, -0.2) is 0 Å². The predicted molar refractivity (Wildman–Crippen MR) is 112 cm³/mol. The summed E-state index contributed by atoms with van der Waals surface area (Å²) in [5.74, 6) is 1.51. The summed E-state index contributed by atoms with van der Waals surface area (Å²) in [4.78, 5) is 7.15. The van der Waals surface area contributed by atoms with E-state index in [2.05, 4.69) is 59.5 Å². The number of ether oxygens (including phenoxy) is 2. The summed E-state index contributed by atoms with van der Waals surface area (Å²) in [6.07, 6.45) is 1.97. The first-order chi connectivity index (χ1) is 13.8. The fraction of sp³-hybridized carbons (Fsp3) is 0.208. The lowest BCUT2D eigenvalue weighted by Crippen LogP contribution is -2.25. The highest BCUT2D eigenvalue weighted by molar-refractivity contribution is 5.62. The zero-order valence-electron chi connectivity index (χ0n) is 16.2. The molecule has 0 fully saturated rings. The number of benzene rings is 3. The quantitative estimate of drug-likeness (QED) is 0.608. The second kappa shape index (κ2) is 8.17. The summed E-state index contributed by atoms with van der Waals surface area (Å²) < 4.78 is 11.1. The van der Waals surface area contributed by atoms with Crippen LogP contribution in [0.5, 0.6) is 11.5 Å². The van der Waals surface area contributed by atoms with E-state index in [-0.39, 0.29) is 12.1 Å². The Bertz CT molecular complexity index is 941. The zero-order chi connectivity index (χ0) is 19.3. The molecule has 4 rings (SSSR count). The summed E-state index contributed by atoms with van der Waals surface area (Å²) in [7, 11) is 3.35. The molecule has 4 nitrogen and oxygen atoms in total. The summed E-state index contributed by atoms with van der Waals surface area (Å²) in [6.45, 7) is 0.687. The van der Waals surface area contributed by atoms with Crippen LogP contribution in [0, 0.1) is 0 Å². The minimum Gasteiger partial charge on any atom is -0.493 e. The van der Waals surface area contributed by atoms with Gasteiger partial charge in [0.25, 0.3) is 0 Å². The monoisotopic (exact) mass is 372 g/mol. The van der Waals surface area contributed by atoms with Crippen LogP contribution in [0.1, 0.15) is 28.8 Å². The van der Waals surface area contributed by atoms with Gasteiger partial charge in [-0.05, 0) is 17.2 Å². The molecule has 0 spiro atoms. The molecule has 0 amide bonds. The van der Waals surface area contributed by atoms with Gasteiger partial charge in [0.05, 0.1) is 26.6 Å². The van der Waals surface area contributed by atoms with E-state index >= 15 is 0 Å². The van der Waals surface area contributed by atoms with Crippen LogP contribution < -0.4 is 9.47 Å². The molecule has 0 unspecified atom stereocenters. The normalized spacial score (nSPS) is 18.3. The Labute approximate surface area is 166 Å². The standard InChI is InChI=1S/C24H24N2O2/c1-27-21-15-9-14-20(24(21)28-2)16-26-17-25-22(18-10-5-3-6-11-18)23(26)19-12-7-4-8-13-19/h3-15,17,22-23H,16H2,1-2H3/t22-,23+/m0/s1. The summed E-state index contributed by atoms with van der Waals surface area (Å²) in [6, 6.07) is 27.2. The van der Waals surface area contributed by atoms with Crippen LogP contribution in [0.2, 0.25) is 0 Å². The SMILES string of the molecule is COc1cccc(CN2C=N[C@@H](c3ccccc3)[C@H]2c2ccccc2)c1OC. The third-order valence-corrected chi connectivity index (χ3v) is 5.15. The van der Waals surface area contributed by atoms with Gasteiger partial charge >= 0.3 is 0 Å². The first-order valence-corrected chi connectivity index (χ1v) is 9.40. The third-order valence-electron chi connectivity index (χ3n) is 5.15. The Balaban J connectivity index is 1.70. The van der Waals surface area contributed by atoms with E-state index in [1.807, 2.05) is 30.6 Å². The van der Waals surface area contributed by atoms with Gasteiger partial charge in [-0.3, -0.25) is 4.99 Å². The van der Waals surface area contributed by atoms with Gasteiger partial charge in [0.1, 0.15) is 6.04 Å². The van der Waals surface area contributed by atoms with Crippen LogP contribution in [0.25, 0.3) is 0 Å². The summed E-state index contributed by atoms with van der Waals surface area (Å²) in [5.41, 5.74) is 3.53.